The van der Waals surface area contributed by atoms with E-state index in [1.54, 1.807) is 13.0 Å². The van der Waals surface area contributed by atoms with Crippen LogP contribution in [0.4, 0.5) is 10.5 Å². The Kier molecular flexibility index (Phi) is 5.25. The number of nitrogens with zero attached hydrogens (tertiary/aromatic N) is 2. The van der Waals surface area contributed by atoms with E-state index in [-0.39, 0.29) is 37.0 Å². The summed E-state index contributed by atoms with van der Waals surface area (Å²) in [5.74, 6) is -0.380. The van der Waals surface area contributed by atoms with Crippen LogP contribution in [0, 0.1) is 6.92 Å². The van der Waals surface area contributed by atoms with Crippen molar-refractivity contribution < 1.29 is 23.1 Å². The molecule has 8 nitrogen and oxygen atoms in total. The van der Waals surface area contributed by atoms with Crippen LogP contribution in [0.25, 0.3) is 0 Å². The van der Waals surface area contributed by atoms with Crippen LogP contribution in [-0.4, -0.2) is 60.9 Å². The van der Waals surface area contributed by atoms with Gasteiger partial charge in [-0.25, -0.2) is 13.2 Å². The van der Waals surface area contributed by atoms with E-state index in [0.717, 1.165) is 6.08 Å². The SMILES string of the molecule is C=CC(=O)Nc1ccc(S(=O)(=O)N2CCN(C(=O)O)CC2)c(C)c1. The highest BCUT2D eigenvalue weighted by Gasteiger charge is 2.30. The summed E-state index contributed by atoms with van der Waals surface area (Å²) in [4.78, 5) is 23.5. The van der Waals surface area contributed by atoms with Gasteiger partial charge in [0, 0.05) is 31.9 Å². The number of benzene rings is 1. The molecule has 0 unspecified atom stereocenters. The number of hydrogen-bond acceptors (Lipinski definition) is 4. The monoisotopic (exact) mass is 353 g/mol. The number of aryl methyl sites for hydroxylation is 1. The molecule has 0 spiro atoms. The molecule has 0 aliphatic carbocycles. The van der Waals surface area contributed by atoms with Gasteiger partial charge in [0.15, 0.2) is 0 Å². The third kappa shape index (κ3) is 3.74. The maximum absolute atomic E-state index is 12.7. The number of carbonyl (C=O) groups is 2. The van der Waals surface area contributed by atoms with Crippen molar-refractivity contribution in [2.24, 2.45) is 0 Å². The van der Waals surface area contributed by atoms with E-state index < -0.39 is 16.1 Å². The van der Waals surface area contributed by atoms with Gasteiger partial charge in [-0.1, -0.05) is 6.58 Å². The lowest BCUT2D eigenvalue weighted by Crippen LogP contribution is -2.50. The lowest BCUT2D eigenvalue weighted by molar-refractivity contribution is -0.111. The standard InChI is InChI=1S/C15H19N3O5S/c1-3-14(19)16-12-4-5-13(11(2)10-12)24(22,23)18-8-6-17(7-9-18)15(20)21/h3-5,10H,1,6-9H2,2H3,(H,16,19)(H,20,21). The third-order valence-corrected chi connectivity index (χ3v) is 5.81. The molecular formula is C15H19N3O5S. The van der Waals surface area contributed by atoms with E-state index in [0.29, 0.717) is 11.3 Å². The highest BCUT2D eigenvalue weighted by Crippen LogP contribution is 2.24. The molecular weight excluding hydrogens is 334 g/mol. The molecule has 1 aliphatic rings. The Hall–Kier alpha value is -2.39. The van der Waals surface area contributed by atoms with Gasteiger partial charge in [0.25, 0.3) is 0 Å². The molecule has 1 aromatic rings. The zero-order chi connectivity index (χ0) is 17.9. The van der Waals surface area contributed by atoms with Crippen LogP contribution in [0.2, 0.25) is 0 Å². The largest absolute Gasteiger partial charge is 0.465 e. The predicted molar refractivity (Wildman–Crippen MR) is 88.4 cm³/mol. The topological polar surface area (TPSA) is 107 Å². The first-order valence-electron chi connectivity index (χ1n) is 7.28. The van der Waals surface area contributed by atoms with E-state index in [4.69, 9.17) is 5.11 Å². The molecule has 0 aromatic heterocycles. The molecule has 0 atom stereocenters. The van der Waals surface area contributed by atoms with Crippen molar-refractivity contribution in [3.05, 3.63) is 36.4 Å². The van der Waals surface area contributed by atoms with Crippen molar-refractivity contribution in [1.29, 1.82) is 0 Å². The van der Waals surface area contributed by atoms with Gasteiger partial charge in [0.2, 0.25) is 15.9 Å². The van der Waals surface area contributed by atoms with Crippen molar-refractivity contribution in [2.75, 3.05) is 31.5 Å². The number of nitrogens with one attached hydrogen (secondary N) is 1. The summed E-state index contributed by atoms with van der Waals surface area (Å²) in [6, 6.07) is 4.52. The summed E-state index contributed by atoms with van der Waals surface area (Å²) in [7, 11) is -3.71. The summed E-state index contributed by atoms with van der Waals surface area (Å²) in [6.45, 7) is 5.51. The van der Waals surface area contributed by atoms with Crippen LogP contribution >= 0.6 is 0 Å². The number of sulfonamides is 1. The summed E-state index contributed by atoms with van der Waals surface area (Å²) in [5.41, 5.74) is 0.976. The Bertz CT molecular complexity index is 767. The smallest absolute Gasteiger partial charge is 0.407 e. The lowest BCUT2D eigenvalue weighted by atomic mass is 10.2. The van der Waals surface area contributed by atoms with Crippen LogP contribution in [-0.2, 0) is 14.8 Å². The van der Waals surface area contributed by atoms with Crippen LogP contribution in [0.15, 0.2) is 35.7 Å². The zero-order valence-corrected chi connectivity index (χ0v) is 14.0. The Balaban J connectivity index is 2.19. The van der Waals surface area contributed by atoms with Gasteiger partial charge >= 0.3 is 6.09 Å². The molecule has 130 valence electrons. The second-order valence-corrected chi connectivity index (χ2v) is 7.25. The summed E-state index contributed by atoms with van der Waals surface area (Å²) >= 11 is 0. The molecule has 2 rings (SSSR count). The van der Waals surface area contributed by atoms with Crippen molar-refractivity contribution in [3.63, 3.8) is 0 Å². The van der Waals surface area contributed by atoms with E-state index >= 15 is 0 Å². The van der Waals surface area contributed by atoms with E-state index in [9.17, 15) is 18.0 Å². The fourth-order valence-corrected chi connectivity index (χ4v) is 4.10. The number of rotatable bonds is 4. The first-order chi connectivity index (χ1) is 11.3. The molecule has 0 saturated carbocycles. The molecule has 2 amide bonds. The molecule has 1 aromatic carbocycles. The van der Waals surface area contributed by atoms with Gasteiger partial charge in [0.05, 0.1) is 4.90 Å². The average Bonchev–Trinajstić information content (AvgIpc) is 2.54. The Morgan fingerprint density at radius 1 is 1.25 bits per heavy atom. The average molecular weight is 353 g/mol. The molecule has 1 aliphatic heterocycles. The van der Waals surface area contributed by atoms with Crippen molar-refractivity contribution >= 4 is 27.7 Å². The molecule has 1 fully saturated rings. The minimum atomic E-state index is -3.71. The van der Waals surface area contributed by atoms with Crippen LogP contribution in [0.1, 0.15) is 5.56 Å². The third-order valence-electron chi connectivity index (χ3n) is 3.75. The minimum Gasteiger partial charge on any atom is -0.465 e. The van der Waals surface area contributed by atoms with E-state index in [2.05, 4.69) is 11.9 Å². The molecule has 2 N–H and O–H groups in total. The fraction of sp³-hybridized carbons (Fsp3) is 0.333. The van der Waals surface area contributed by atoms with Gasteiger partial charge in [-0.05, 0) is 36.8 Å². The molecule has 0 bridgehead atoms. The first-order valence-corrected chi connectivity index (χ1v) is 8.72. The number of piperazine rings is 1. The zero-order valence-electron chi connectivity index (χ0n) is 13.2. The van der Waals surface area contributed by atoms with Crippen molar-refractivity contribution in [2.45, 2.75) is 11.8 Å². The van der Waals surface area contributed by atoms with Crippen LogP contribution in [0.3, 0.4) is 0 Å². The summed E-state index contributed by atoms with van der Waals surface area (Å²) in [6.07, 6.45) is 0.0765. The van der Waals surface area contributed by atoms with E-state index in [1.165, 1.54) is 21.3 Å². The number of carboxylic acid groups (broad SMARTS) is 1. The second kappa shape index (κ2) is 7.02. The second-order valence-electron chi connectivity index (χ2n) is 5.35. The molecule has 1 saturated heterocycles. The Labute approximate surface area is 140 Å². The van der Waals surface area contributed by atoms with Gasteiger partial charge in [-0.3, -0.25) is 4.79 Å². The molecule has 9 heteroatoms. The maximum Gasteiger partial charge on any atom is 0.407 e. The van der Waals surface area contributed by atoms with E-state index in [1.807, 2.05) is 0 Å². The number of carbonyl (C=O) groups excluding carboxylic acids is 1. The predicted octanol–water partition coefficient (Wildman–Crippen LogP) is 1.10. The normalized spacial score (nSPS) is 15.8. The first kappa shape index (κ1) is 18.0. The summed E-state index contributed by atoms with van der Waals surface area (Å²) in [5, 5.41) is 11.5. The van der Waals surface area contributed by atoms with Gasteiger partial charge < -0.3 is 15.3 Å². The highest BCUT2D eigenvalue weighted by atomic mass is 32.2. The van der Waals surface area contributed by atoms with Crippen LogP contribution < -0.4 is 5.32 Å². The highest BCUT2D eigenvalue weighted by molar-refractivity contribution is 7.89. The fourth-order valence-electron chi connectivity index (χ4n) is 2.47. The number of anilines is 1. The van der Waals surface area contributed by atoms with Gasteiger partial charge in [-0.15, -0.1) is 0 Å². The number of hydrogen-bond donors (Lipinski definition) is 2. The Morgan fingerprint density at radius 2 is 1.88 bits per heavy atom. The Morgan fingerprint density at radius 3 is 2.38 bits per heavy atom. The molecule has 0 radical (unpaired) electrons. The summed E-state index contributed by atoms with van der Waals surface area (Å²) < 4.78 is 26.7. The quantitative estimate of drug-likeness (QED) is 0.789. The number of amides is 2. The van der Waals surface area contributed by atoms with Gasteiger partial charge in [0.1, 0.15) is 0 Å². The van der Waals surface area contributed by atoms with Gasteiger partial charge in [-0.2, -0.15) is 4.31 Å². The van der Waals surface area contributed by atoms with Crippen molar-refractivity contribution in [1.82, 2.24) is 9.21 Å². The van der Waals surface area contributed by atoms with Crippen LogP contribution in [0.5, 0.6) is 0 Å². The molecule has 1 heterocycles. The maximum atomic E-state index is 12.7. The lowest BCUT2D eigenvalue weighted by Gasteiger charge is -2.32. The molecule has 24 heavy (non-hydrogen) atoms. The van der Waals surface area contributed by atoms with Crippen molar-refractivity contribution in [3.8, 4) is 0 Å². The minimum absolute atomic E-state index is 0.114.